The molecule has 4 nitrogen and oxygen atoms in total. The van der Waals surface area contributed by atoms with Crippen LogP contribution in [0.5, 0.6) is 5.75 Å². The molecule has 38 heavy (non-hydrogen) atoms. The summed E-state index contributed by atoms with van der Waals surface area (Å²) in [6.45, 7) is 7.52. The molecule has 1 amide bonds. The highest BCUT2D eigenvalue weighted by Gasteiger charge is 2.36. The van der Waals surface area contributed by atoms with Crippen molar-refractivity contribution in [2.75, 3.05) is 6.54 Å². The number of benzene rings is 2. The van der Waals surface area contributed by atoms with E-state index in [9.17, 15) is 22.4 Å². The number of aromatic nitrogens is 1. The van der Waals surface area contributed by atoms with E-state index in [0.29, 0.717) is 24.7 Å². The molecule has 1 aliphatic rings. The number of carbonyl (C=O) groups excluding carboxylic acids is 1. The van der Waals surface area contributed by atoms with Gasteiger partial charge >= 0.3 is 6.18 Å². The minimum Gasteiger partial charge on any atom is -0.490 e. The summed E-state index contributed by atoms with van der Waals surface area (Å²) in [7, 11) is 0. The van der Waals surface area contributed by atoms with Crippen molar-refractivity contribution >= 4 is 38.7 Å². The maximum absolute atomic E-state index is 15.5. The average Bonchev–Trinajstić information content (AvgIpc) is 3.48. The first-order valence-corrected chi connectivity index (χ1v) is 13.3. The van der Waals surface area contributed by atoms with Gasteiger partial charge in [-0.25, -0.2) is 13.8 Å². The van der Waals surface area contributed by atoms with Gasteiger partial charge in [0.05, 0.1) is 29.5 Å². The molecule has 5 rings (SSSR count). The second-order valence-electron chi connectivity index (χ2n) is 9.04. The van der Waals surface area contributed by atoms with Gasteiger partial charge in [-0.05, 0) is 37.4 Å². The van der Waals surface area contributed by atoms with Crippen LogP contribution in [0, 0.1) is 11.6 Å². The van der Waals surface area contributed by atoms with Gasteiger partial charge in [-0.2, -0.15) is 13.2 Å². The van der Waals surface area contributed by atoms with E-state index in [1.807, 2.05) is 0 Å². The third-order valence-corrected chi connectivity index (χ3v) is 8.17. The van der Waals surface area contributed by atoms with Gasteiger partial charge in [-0.15, -0.1) is 22.7 Å². The summed E-state index contributed by atoms with van der Waals surface area (Å²) in [5, 5.41) is 1.66. The Morgan fingerprint density at radius 3 is 2.66 bits per heavy atom. The molecule has 0 unspecified atom stereocenters. The summed E-state index contributed by atoms with van der Waals surface area (Å²) in [6.07, 6.45) is -3.51. The molecule has 0 radical (unpaired) electrons. The van der Waals surface area contributed by atoms with Crippen molar-refractivity contribution in [1.82, 2.24) is 9.88 Å². The van der Waals surface area contributed by atoms with Gasteiger partial charge in [-0.1, -0.05) is 6.58 Å². The SMILES string of the molecule is C=CC(=O)N1CCc2nc(-c3cc(C(F)(F)F)c4ccsc4c3-c3c(F)cc(F)cc3OC(C)C)sc2C1. The Bertz CT molecular complexity index is 1570. The Morgan fingerprint density at radius 2 is 1.97 bits per heavy atom. The van der Waals surface area contributed by atoms with Crippen molar-refractivity contribution in [2.24, 2.45) is 0 Å². The van der Waals surface area contributed by atoms with Gasteiger partial charge in [0.15, 0.2) is 0 Å². The quantitative estimate of drug-likeness (QED) is 0.183. The molecule has 2 aromatic heterocycles. The van der Waals surface area contributed by atoms with E-state index in [-0.39, 0.29) is 50.0 Å². The Kier molecular flexibility index (Phi) is 6.77. The standard InChI is InChI=1S/C27H21F5N2O2S2/c1-4-22(35)34-7-5-19-21(12-34)38-26(33-19)16-11-17(27(30,31)32)15-6-8-37-25(15)23(16)24-18(29)9-14(28)10-20(24)36-13(2)3/h4,6,8-11,13H,1,5,7,12H2,2-3H3. The van der Waals surface area contributed by atoms with Crippen LogP contribution in [0.15, 0.2) is 42.3 Å². The molecule has 4 aromatic rings. The number of thiazole rings is 1. The summed E-state index contributed by atoms with van der Waals surface area (Å²) in [5.74, 6) is -2.19. The average molecular weight is 565 g/mol. The number of ether oxygens (including phenoxy) is 1. The number of amides is 1. The second kappa shape index (κ2) is 9.77. The first-order valence-electron chi connectivity index (χ1n) is 11.7. The number of halogens is 5. The molecule has 0 fully saturated rings. The zero-order valence-corrected chi connectivity index (χ0v) is 21.9. The fraction of sp³-hybridized carbons (Fsp3) is 0.259. The molecule has 0 saturated carbocycles. The summed E-state index contributed by atoms with van der Waals surface area (Å²) in [4.78, 5) is 19.1. The molecule has 2 aromatic carbocycles. The number of hydrogen-bond acceptors (Lipinski definition) is 5. The number of hydrogen-bond donors (Lipinski definition) is 0. The molecule has 0 spiro atoms. The van der Waals surface area contributed by atoms with Gasteiger partial charge in [0.1, 0.15) is 22.4 Å². The van der Waals surface area contributed by atoms with Crippen LogP contribution in [0.2, 0.25) is 0 Å². The zero-order chi connectivity index (χ0) is 27.4. The van der Waals surface area contributed by atoms with Crippen molar-refractivity contribution < 1.29 is 31.5 Å². The van der Waals surface area contributed by atoms with E-state index in [4.69, 9.17) is 4.74 Å². The summed E-state index contributed by atoms with van der Waals surface area (Å²) in [6, 6.07) is 4.04. The highest BCUT2D eigenvalue weighted by atomic mass is 32.1. The predicted molar refractivity (Wildman–Crippen MR) is 138 cm³/mol. The van der Waals surface area contributed by atoms with Crippen molar-refractivity contribution in [2.45, 2.75) is 39.1 Å². The van der Waals surface area contributed by atoms with Crippen LogP contribution in [-0.2, 0) is 23.9 Å². The van der Waals surface area contributed by atoms with E-state index < -0.39 is 29.5 Å². The predicted octanol–water partition coefficient (Wildman–Crippen LogP) is 7.85. The highest BCUT2D eigenvalue weighted by molar-refractivity contribution is 7.18. The van der Waals surface area contributed by atoms with Crippen molar-refractivity contribution in [3.05, 3.63) is 70.1 Å². The van der Waals surface area contributed by atoms with Crippen molar-refractivity contribution in [3.8, 4) is 27.4 Å². The van der Waals surface area contributed by atoms with Crippen molar-refractivity contribution in [3.63, 3.8) is 0 Å². The fourth-order valence-corrected chi connectivity index (χ4v) is 6.67. The molecular formula is C27H21F5N2O2S2. The molecule has 0 saturated heterocycles. The van der Waals surface area contributed by atoms with Crippen LogP contribution in [0.25, 0.3) is 31.8 Å². The third kappa shape index (κ3) is 4.69. The lowest BCUT2D eigenvalue weighted by Crippen LogP contribution is -2.34. The minimum atomic E-state index is -4.69. The Labute approximate surface area is 223 Å². The monoisotopic (exact) mass is 564 g/mol. The van der Waals surface area contributed by atoms with Gasteiger partial charge in [0.2, 0.25) is 5.91 Å². The molecule has 198 valence electrons. The van der Waals surface area contributed by atoms with E-state index in [0.717, 1.165) is 39.7 Å². The summed E-state index contributed by atoms with van der Waals surface area (Å²) < 4.78 is 78.3. The maximum Gasteiger partial charge on any atom is 0.417 e. The molecule has 0 bridgehead atoms. The van der Waals surface area contributed by atoms with E-state index >= 15 is 4.39 Å². The van der Waals surface area contributed by atoms with Crippen LogP contribution in [0.1, 0.15) is 30.0 Å². The number of fused-ring (bicyclic) bond motifs is 2. The van der Waals surface area contributed by atoms with E-state index in [1.54, 1.807) is 18.7 Å². The molecular weight excluding hydrogens is 543 g/mol. The molecule has 11 heteroatoms. The van der Waals surface area contributed by atoms with Crippen LogP contribution in [0.3, 0.4) is 0 Å². The fourth-order valence-electron chi connectivity index (χ4n) is 4.55. The Hall–Kier alpha value is -3.31. The highest BCUT2D eigenvalue weighted by Crippen LogP contribution is 2.50. The lowest BCUT2D eigenvalue weighted by molar-refractivity contribution is -0.136. The van der Waals surface area contributed by atoms with Crippen LogP contribution < -0.4 is 4.74 Å². The van der Waals surface area contributed by atoms with E-state index in [1.165, 1.54) is 17.5 Å². The first-order chi connectivity index (χ1) is 18.0. The second-order valence-corrected chi connectivity index (χ2v) is 11.0. The van der Waals surface area contributed by atoms with E-state index in [2.05, 4.69) is 11.6 Å². The van der Waals surface area contributed by atoms with Crippen LogP contribution in [-0.4, -0.2) is 28.4 Å². The van der Waals surface area contributed by atoms with Crippen molar-refractivity contribution in [1.29, 1.82) is 0 Å². The minimum absolute atomic E-state index is 0.0624. The smallest absolute Gasteiger partial charge is 0.417 e. The van der Waals surface area contributed by atoms with Crippen LogP contribution >= 0.6 is 22.7 Å². The van der Waals surface area contributed by atoms with Gasteiger partial charge in [0.25, 0.3) is 0 Å². The zero-order valence-electron chi connectivity index (χ0n) is 20.3. The Balaban J connectivity index is 1.81. The summed E-state index contributed by atoms with van der Waals surface area (Å²) >= 11 is 2.18. The van der Waals surface area contributed by atoms with Crippen LogP contribution in [0.4, 0.5) is 22.0 Å². The number of nitrogens with zero attached hydrogens (tertiary/aromatic N) is 2. The lowest BCUT2D eigenvalue weighted by atomic mass is 9.93. The van der Waals surface area contributed by atoms with Gasteiger partial charge < -0.3 is 9.64 Å². The van der Waals surface area contributed by atoms with Gasteiger partial charge in [-0.3, -0.25) is 4.79 Å². The van der Waals surface area contributed by atoms with Gasteiger partial charge in [0, 0.05) is 51.2 Å². The third-order valence-electron chi connectivity index (χ3n) is 6.13. The molecule has 0 aliphatic carbocycles. The topological polar surface area (TPSA) is 42.4 Å². The largest absolute Gasteiger partial charge is 0.490 e. The molecule has 0 atom stereocenters. The number of alkyl halides is 3. The molecule has 3 heterocycles. The maximum atomic E-state index is 15.5. The number of carbonyl (C=O) groups is 1. The summed E-state index contributed by atoms with van der Waals surface area (Å²) in [5.41, 5.74) is -0.123. The number of thiophene rings is 1. The molecule has 0 N–H and O–H groups in total. The lowest BCUT2D eigenvalue weighted by Gasteiger charge is -2.24. The number of rotatable bonds is 5. The Morgan fingerprint density at radius 1 is 1.21 bits per heavy atom. The normalized spacial score (nSPS) is 13.7. The molecule has 1 aliphatic heterocycles. The first kappa shape index (κ1) is 26.3.